The van der Waals surface area contributed by atoms with E-state index in [0.29, 0.717) is 11.3 Å². The third-order valence-electron chi connectivity index (χ3n) is 5.87. The van der Waals surface area contributed by atoms with Gasteiger partial charge in [-0.3, -0.25) is 14.5 Å². The van der Waals surface area contributed by atoms with Crippen LogP contribution in [0.2, 0.25) is 0 Å². The molecule has 1 saturated carbocycles. The Morgan fingerprint density at radius 1 is 1.22 bits per heavy atom. The molecule has 1 saturated heterocycles. The normalized spacial score (nSPS) is 26.4. The van der Waals surface area contributed by atoms with Crippen LogP contribution in [0.1, 0.15) is 38.2 Å². The number of carboxylic acids is 1. The van der Waals surface area contributed by atoms with Crippen LogP contribution in [0.5, 0.6) is 0 Å². The average Bonchev–Trinajstić information content (AvgIpc) is 3.17. The largest absolute Gasteiger partial charge is 0.477 e. The molecule has 27 heavy (non-hydrogen) atoms. The second kappa shape index (κ2) is 6.71. The van der Waals surface area contributed by atoms with E-state index in [1.807, 2.05) is 30.3 Å². The van der Waals surface area contributed by atoms with E-state index in [0.717, 1.165) is 31.2 Å². The maximum Gasteiger partial charge on any atom is 0.352 e. The van der Waals surface area contributed by atoms with Crippen molar-refractivity contribution in [1.82, 2.24) is 10.2 Å². The average molecular weight is 386 g/mol. The summed E-state index contributed by atoms with van der Waals surface area (Å²) in [4.78, 5) is 38.7. The lowest BCUT2D eigenvalue weighted by atomic mass is 9.77. The SMILES string of the molecule is CC1=C(C(=O)O)N2C(=O)[C@@H](NC(=O)C3(c4ccccc4)CCCC3)[C@H]2SC1. The fraction of sp³-hybridized carbons (Fsp3) is 0.450. The van der Waals surface area contributed by atoms with Crippen LogP contribution in [0.15, 0.2) is 41.6 Å². The molecule has 2 fully saturated rings. The Bertz CT molecular complexity index is 830. The molecule has 1 aromatic rings. The molecule has 7 heteroatoms. The summed E-state index contributed by atoms with van der Waals surface area (Å²) in [5.74, 6) is -0.995. The Morgan fingerprint density at radius 2 is 1.89 bits per heavy atom. The number of rotatable bonds is 4. The van der Waals surface area contributed by atoms with Gasteiger partial charge in [0, 0.05) is 5.75 Å². The number of nitrogens with one attached hydrogen (secondary N) is 1. The van der Waals surface area contributed by atoms with E-state index in [4.69, 9.17) is 0 Å². The Kier molecular flexibility index (Phi) is 4.50. The van der Waals surface area contributed by atoms with Crippen LogP contribution >= 0.6 is 11.8 Å². The molecule has 6 nitrogen and oxygen atoms in total. The van der Waals surface area contributed by atoms with Crippen molar-refractivity contribution < 1.29 is 19.5 Å². The number of thioether (sulfide) groups is 1. The topological polar surface area (TPSA) is 86.7 Å². The predicted octanol–water partition coefficient (Wildman–Crippen LogP) is 2.26. The van der Waals surface area contributed by atoms with Crippen LogP contribution in [0, 0.1) is 0 Å². The highest BCUT2D eigenvalue weighted by atomic mass is 32.2. The lowest BCUT2D eigenvalue weighted by Gasteiger charge is -2.50. The first-order chi connectivity index (χ1) is 13.0. The summed E-state index contributed by atoms with van der Waals surface area (Å²) in [6, 6.07) is 9.09. The van der Waals surface area contributed by atoms with Gasteiger partial charge >= 0.3 is 5.97 Å². The van der Waals surface area contributed by atoms with Gasteiger partial charge in [0.15, 0.2) is 0 Å². The van der Waals surface area contributed by atoms with Gasteiger partial charge in [-0.15, -0.1) is 11.8 Å². The molecule has 2 aliphatic heterocycles. The first-order valence-corrected chi connectivity index (χ1v) is 10.2. The van der Waals surface area contributed by atoms with Crippen molar-refractivity contribution in [1.29, 1.82) is 0 Å². The summed E-state index contributed by atoms with van der Waals surface area (Å²) < 4.78 is 0. The minimum absolute atomic E-state index is 0.0629. The van der Waals surface area contributed by atoms with Crippen LogP contribution in [-0.2, 0) is 19.8 Å². The Hall–Kier alpha value is -2.28. The predicted molar refractivity (Wildman–Crippen MR) is 102 cm³/mol. The lowest BCUT2D eigenvalue weighted by Crippen LogP contribution is -2.71. The number of fused-ring (bicyclic) bond motifs is 1. The van der Waals surface area contributed by atoms with Gasteiger partial charge in [0.1, 0.15) is 17.1 Å². The van der Waals surface area contributed by atoms with Gasteiger partial charge in [-0.1, -0.05) is 43.2 Å². The number of amides is 2. The second-order valence-corrected chi connectivity index (χ2v) is 8.56. The molecule has 0 radical (unpaired) electrons. The van der Waals surface area contributed by atoms with Gasteiger partial charge in [-0.2, -0.15) is 0 Å². The summed E-state index contributed by atoms with van der Waals surface area (Å²) >= 11 is 1.50. The lowest BCUT2D eigenvalue weighted by molar-refractivity contribution is -0.151. The zero-order valence-corrected chi connectivity index (χ0v) is 15.9. The number of β-lactam (4-membered cyclic amide) rings is 1. The van der Waals surface area contributed by atoms with E-state index >= 15 is 0 Å². The third-order valence-corrected chi connectivity index (χ3v) is 7.29. The highest BCUT2D eigenvalue weighted by molar-refractivity contribution is 8.00. The third kappa shape index (κ3) is 2.76. The van der Waals surface area contributed by atoms with E-state index < -0.39 is 17.4 Å². The van der Waals surface area contributed by atoms with Crippen molar-refractivity contribution in [2.45, 2.75) is 49.4 Å². The number of nitrogens with zero attached hydrogens (tertiary/aromatic N) is 1. The Labute approximate surface area is 162 Å². The monoisotopic (exact) mass is 386 g/mol. The van der Waals surface area contributed by atoms with Gasteiger partial charge in [0.2, 0.25) is 5.91 Å². The van der Waals surface area contributed by atoms with Crippen molar-refractivity contribution in [3.05, 3.63) is 47.2 Å². The number of aliphatic carboxylic acids is 1. The van der Waals surface area contributed by atoms with Crippen LogP contribution in [0.4, 0.5) is 0 Å². The highest BCUT2D eigenvalue weighted by Gasteiger charge is 2.55. The summed E-state index contributed by atoms with van der Waals surface area (Å²) in [7, 11) is 0. The van der Waals surface area contributed by atoms with Gasteiger partial charge in [0.05, 0.1) is 5.41 Å². The molecule has 2 atom stereocenters. The van der Waals surface area contributed by atoms with Gasteiger partial charge < -0.3 is 10.4 Å². The van der Waals surface area contributed by atoms with Gasteiger partial charge in [-0.05, 0) is 30.9 Å². The van der Waals surface area contributed by atoms with Crippen molar-refractivity contribution in [2.24, 2.45) is 0 Å². The smallest absolute Gasteiger partial charge is 0.352 e. The van der Waals surface area contributed by atoms with E-state index in [2.05, 4.69) is 5.32 Å². The van der Waals surface area contributed by atoms with Crippen LogP contribution in [0.3, 0.4) is 0 Å². The zero-order valence-electron chi connectivity index (χ0n) is 15.1. The Morgan fingerprint density at radius 3 is 2.52 bits per heavy atom. The number of carbonyl (C=O) groups excluding carboxylic acids is 2. The maximum absolute atomic E-state index is 13.3. The fourth-order valence-corrected chi connectivity index (χ4v) is 5.73. The zero-order chi connectivity index (χ0) is 19.2. The molecular weight excluding hydrogens is 364 g/mol. The number of carbonyl (C=O) groups is 3. The van der Waals surface area contributed by atoms with E-state index in [1.54, 1.807) is 6.92 Å². The molecule has 2 N–H and O–H groups in total. The molecule has 2 amide bonds. The summed E-state index contributed by atoms with van der Waals surface area (Å²) in [6.07, 6.45) is 3.50. The molecule has 3 aliphatic rings. The molecule has 142 valence electrons. The van der Waals surface area contributed by atoms with E-state index in [-0.39, 0.29) is 22.9 Å². The number of hydrogen-bond acceptors (Lipinski definition) is 4. The first kappa shape index (κ1) is 18.1. The molecule has 0 spiro atoms. The first-order valence-electron chi connectivity index (χ1n) is 9.20. The minimum atomic E-state index is -1.09. The molecule has 4 rings (SSSR count). The highest BCUT2D eigenvalue weighted by Crippen LogP contribution is 2.44. The molecule has 2 heterocycles. The standard InChI is InChI=1S/C20H22N2O4S/c1-12-11-27-17-14(16(23)22(17)15(12)18(24)25)21-19(26)20(9-5-6-10-20)13-7-3-2-4-8-13/h2-4,7-8,14,17H,5-6,9-11H2,1H3,(H,21,26)(H,24,25)/t14-,17-/m1/s1. The Balaban J connectivity index is 1.56. The number of benzene rings is 1. The second-order valence-electron chi connectivity index (χ2n) is 7.45. The molecular formula is C20H22N2O4S. The number of carboxylic acid groups (broad SMARTS) is 1. The van der Waals surface area contributed by atoms with Gasteiger partial charge in [0.25, 0.3) is 5.91 Å². The molecule has 0 bridgehead atoms. The minimum Gasteiger partial charge on any atom is -0.477 e. The summed E-state index contributed by atoms with van der Waals surface area (Å²) in [5.41, 5.74) is 1.14. The molecule has 0 unspecified atom stereocenters. The van der Waals surface area contributed by atoms with Gasteiger partial charge in [-0.25, -0.2) is 4.79 Å². The maximum atomic E-state index is 13.3. The van der Waals surface area contributed by atoms with Crippen LogP contribution in [-0.4, -0.2) is 45.0 Å². The number of hydrogen-bond donors (Lipinski definition) is 2. The van der Waals surface area contributed by atoms with Crippen molar-refractivity contribution in [2.75, 3.05) is 5.75 Å². The van der Waals surface area contributed by atoms with Crippen LogP contribution < -0.4 is 5.32 Å². The quantitative estimate of drug-likeness (QED) is 0.775. The molecule has 1 aliphatic carbocycles. The molecule has 1 aromatic carbocycles. The summed E-state index contributed by atoms with van der Waals surface area (Å²) in [5, 5.41) is 12.0. The van der Waals surface area contributed by atoms with Crippen molar-refractivity contribution >= 4 is 29.5 Å². The van der Waals surface area contributed by atoms with Crippen LogP contribution in [0.25, 0.3) is 0 Å². The van der Waals surface area contributed by atoms with Crippen molar-refractivity contribution in [3.63, 3.8) is 0 Å². The van der Waals surface area contributed by atoms with Crippen molar-refractivity contribution in [3.8, 4) is 0 Å². The van der Waals surface area contributed by atoms with E-state index in [9.17, 15) is 19.5 Å². The van der Waals surface area contributed by atoms with E-state index in [1.165, 1.54) is 16.7 Å². The molecule has 0 aromatic heterocycles. The fourth-order valence-electron chi connectivity index (χ4n) is 4.44. The summed E-state index contributed by atoms with van der Waals surface area (Å²) in [6.45, 7) is 1.73.